The number of benzene rings is 2. The molecule has 1 N–H and O–H groups in total. The Labute approximate surface area is 148 Å². The summed E-state index contributed by atoms with van der Waals surface area (Å²) in [5.74, 6) is 0.478. The third-order valence-electron chi connectivity index (χ3n) is 2.94. The standard InChI is InChI=1S/C17H16BrClN2O2/c1-2-23-16-8-7-15(19)10-13(16)11-20-21-17(22)9-12-3-5-14(18)6-4-12/h3-8,10-11H,2,9H2,1H3,(H,21,22)/b20-11+. The third kappa shape index (κ3) is 5.69. The molecule has 0 radical (unpaired) electrons. The number of hydrogen-bond donors (Lipinski definition) is 1. The monoisotopic (exact) mass is 394 g/mol. The Bertz CT molecular complexity index is 702. The lowest BCUT2D eigenvalue weighted by atomic mass is 10.1. The lowest BCUT2D eigenvalue weighted by Crippen LogP contribution is -2.19. The summed E-state index contributed by atoms with van der Waals surface area (Å²) in [6, 6.07) is 12.8. The zero-order valence-corrected chi connectivity index (χ0v) is 14.9. The van der Waals surface area contributed by atoms with Crippen molar-refractivity contribution in [1.82, 2.24) is 5.43 Å². The predicted molar refractivity (Wildman–Crippen MR) is 96.2 cm³/mol. The first-order chi connectivity index (χ1) is 11.1. The van der Waals surface area contributed by atoms with Crippen LogP contribution in [0.15, 0.2) is 52.0 Å². The fourth-order valence-corrected chi connectivity index (χ4v) is 2.35. The second-order valence-electron chi connectivity index (χ2n) is 4.71. The molecule has 0 fully saturated rings. The van der Waals surface area contributed by atoms with Crippen molar-refractivity contribution < 1.29 is 9.53 Å². The molecule has 0 aliphatic heterocycles. The van der Waals surface area contributed by atoms with E-state index < -0.39 is 0 Å². The Morgan fingerprint density at radius 2 is 2.04 bits per heavy atom. The highest BCUT2D eigenvalue weighted by Gasteiger charge is 2.04. The Balaban J connectivity index is 1.97. The minimum absolute atomic E-state index is 0.191. The molecular weight excluding hydrogens is 380 g/mol. The largest absolute Gasteiger partial charge is 0.493 e. The second kappa shape index (κ2) is 8.70. The van der Waals surface area contributed by atoms with Crippen LogP contribution in [0.5, 0.6) is 5.75 Å². The average molecular weight is 396 g/mol. The quantitative estimate of drug-likeness (QED) is 0.589. The summed E-state index contributed by atoms with van der Waals surface area (Å²) in [7, 11) is 0. The number of hydrogen-bond acceptors (Lipinski definition) is 3. The molecule has 0 aliphatic rings. The Morgan fingerprint density at radius 3 is 2.74 bits per heavy atom. The maximum absolute atomic E-state index is 11.9. The van der Waals surface area contributed by atoms with Crippen molar-refractivity contribution in [3.05, 3.63) is 63.1 Å². The van der Waals surface area contributed by atoms with Crippen LogP contribution in [-0.4, -0.2) is 18.7 Å². The topological polar surface area (TPSA) is 50.7 Å². The molecule has 0 saturated carbocycles. The highest BCUT2D eigenvalue weighted by Crippen LogP contribution is 2.21. The molecule has 120 valence electrons. The maximum Gasteiger partial charge on any atom is 0.244 e. The number of carbonyl (C=O) groups excluding carboxylic acids is 1. The van der Waals surface area contributed by atoms with E-state index in [-0.39, 0.29) is 12.3 Å². The van der Waals surface area contributed by atoms with Gasteiger partial charge in [0.05, 0.1) is 19.2 Å². The number of nitrogens with zero attached hydrogens (tertiary/aromatic N) is 1. The van der Waals surface area contributed by atoms with Gasteiger partial charge in [0.15, 0.2) is 0 Å². The van der Waals surface area contributed by atoms with Gasteiger partial charge in [0.25, 0.3) is 0 Å². The summed E-state index contributed by atoms with van der Waals surface area (Å²) in [4.78, 5) is 11.9. The van der Waals surface area contributed by atoms with Crippen molar-refractivity contribution in [3.8, 4) is 5.75 Å². The number of rotatable bonds is 6. The third-order valence-corrected chi connectivity index (χ3v) is 3.71. The number of halogens is 2. The zero-order chi connectivity index (χ0) is 16.7. The summed E-state index contributed by atoms with van der Waals surface area (Å²) in [6.45, 7) is 2.44. The van der Waals surface area contributed by atoms with Crippen LogP contribution < -0.4 is 10.2 Å². The number of carbonyl (C=O) groups is 1. The fraction of sp³-hybridized carbons (Fsp3) is 0.176. The molecule has 2 aromatic carbocycles. The number of nitrogens with one attached hydrogen (secondary N) is 1. The van der Waals surface area contributed by atoms with Crippen molar-refractivity contribution in [1.29, 1.82) is 0 Å². The first-order valence-corrected chi connectivity index (χ1v) is 8.24. The van der Waals surface area contributed by atoms with E-state index in [1.54, 1.807) is 18.2 Å². The van der Waals surface area contributed by atoms with E-state index >= 15 is 0 Å². The minimum atomic E-state index is -0.191. The summed E-state index contributed by atoms with van der Waals surface area (Å²) in [6.07, 6.45) is 1.79. The van der Waals surface area contributed by atoms with Crippen LogP contribution in [0.4, 0.5) is 0 Å². The molecule has 6 heteroatoms. The fourth-order valence-electron chi connectivity index (χ4n) is 1.91. The minimum Gasteiger partial charge on any atom is -0.493 e. The highest BCUT2D eigenvalue weighted by atomic mass is 79.9. The number of ether oxygens (including phenoxy) is 1. The van der Waals surface area contributed by atoms with Gasteiger partial charge in [0.1, 0.15) is 5.75 Å². The molecule has 0 spiro atoms. The molecule has 0 saturated heterocycles. The first kappa shape index (κ1) is 17.5. The molecule has 23 heavy (non-hydrogen) atoms. The lowest BCUT2D eigenvalue weighted by Gasteiger charge is -2.07. The van der Waals surface area contributed by atoms with Crippen molar-refractivity contribution >= 4 is 39.7 Å². The molecule has 2 aromatic rings. The maximum atomic E-state index is 11.9. The SMILES string of the molecule is CCOc1ccc(Cl)cc1/C=N/NC(=O)Cc1ccc(Br)cc1. The second-order valence-corrected chi connectivity index (χ2v) is 6.06. The van der Waals surface area contributed by atoms with Gasteiger partial charge in [-0.1, -0.05) is 39.7 Å². The smallest absolute Gasteiger partial charge is 0.244 e. The molecule has 0 aromatic heterocycles. The van der Waals surface area contributed by atoms with Gasteiger partial charge in [-0.3, -0.25) is 4.79 Å². The number of hydrazone groups is 1. The van der Waals surface area contributed by atoms with E-state index in [1.807, 2.05) is 31.2 Å². The predicted octanol–water partition coefficient (Wildman–Crippen LogP) is 4.19. The molecule has 0 aliphatic carbocycles. The number of amides is 1. The van der Waals surface area contributed by atoms with E-state index in [4.69, 9.17) is 16.3 Å². The Hall–Kier alpha value is -1.85. The normalized spacial score (nSPS) is 10.7. The van der Waals surface area contributed by atoms with Gasteiger partial charge in [-0.2, -0.15) is 5.10 Å². The highest BCUT2D eigenvalue weighted by molar-refractivity contribution is 9.10. The van der Waals surface area contributed by atoms with Crippen molar-refractivity contribution in [2.75, 3.05) is 6.61 Å². The van der Waals surface area contributed by atoms with Crippen LogP contribution in [0, 0.1) is 0 Å². The van der Waals surface area contributed by atoms with Crippen LogP contribution >= 0.6 is 27.5 Å². The van der Waals surface area contributed by atoms with E-state index in [0.717, 1.165) is 10.0 Å². The van der Waals surface area contributed by atoms with Gasteiger partial charge in [-0.05, 0) is 42.8 Å². The molecule has 0 bridgehead atoms. The first-order valence-electron chi connectivity index (χ1n) is 7.07. The van der Waals surface area contributed by atoms with Crippen LogP contribution in [0.3, 0.4) is 0 Å². The summed E-state index contributed by atoms with van der Waals surface area (Å²) in [5.41, 5.74) is 4.13. The summed E-state index contributed by atoms with van der Waals surface area (Å²) >= 11 is 9.33. The summed E-state index contributed by atoms with van der Waals surface area (Å²) in [5, 5.41) is 4.55. The van der Waals surface area contributed by atoms with Crippen molar-refractivity contribution in [2.45, 2.75) is 13.3 Å². The molecule has 0 heterocycles. The molecule has 2 rings (SSSR count). The van der Waals surface area contributed by atoms with Crippen molar-refractivity contribution in [3.63, 3.8) is 0 Å². The van der Waals surface area contributed by atoms with Gasteiger partial charge in [0.2, 0.25) is 5.91 Å². The molecule has 1 amide bonds. The van der Waals surface area contributed by atoms with E-state index in [2.05, 4.69) is 26.5 Å². The van der Waals surface area contributed by atoms with Crippen LogP contribution in [-0.2, 0) is 11.2 Å². The van der Waals surface area contributed by atoms with Gasteiger partial charge < -0.3 is 4.74 Å². The molecular formula is C17H16BrClN2O2. The summed E-state index contributed by atoms with van der Waals surface area (Å²) < 4.78 is 6.47. The average Bonchev–Trinajstić information content (AvgIpc) is 2.52. The lowest BCUT2D eigenvalue weighted by molar-refractivity contribution is -0.120. The van der Waals surface area contributed by atoms with E-state index in [0.29, 0.717) is 22.9 Å². The molecule has 0 unspecified atom stereocenters. The Kier molecular flexibility index (Phi) is 6.62. The molecule has 4 nitrogen and oxygen atoms in total. The van der Waals surface area contributed by atoms with Crippen molar-refractivity contribution in [2.24, 2.45) is 5.10 Å². The molecule has 0 atom stereocenters. The van der Waals surface area contributed by atoms with Gasteiger partial charge in [-0.25, -0.2) is 5.43 Å². The van der Waals surface area contributed by atoms with Crippen LogP contribution in [0.25, 0.3) is 0 Å². The zero-order valence-electron chi connectivity index (χ0n) is 12.6. The van der Waals surface area contributed by atoms with Gasteiger partial charge >= 0.3 is 0 Å². The van der Waals surface area contributed by atoms with Crippen LogP contribution in [0.1, 0.15) is 18.1 Å². The van der Waals surface area contributed by atoms with Crippen LogP contribution in [0.2, 0.25) is 5.02 Å². The van der Waals surface area contributed by atoms with E-state index in [9.17, 15) is 4.79 Å². The van der Waals surface area contributed by atoms with E-state index in [1.165, 1.54) is 6.21 Å². The Morgan fingerprint density at radius 1 is 1.30 bits per heavy atom. The van der Waals surface area contributed by atoms with Gasteiger partial charge in [0, 0.05) is 15.1 Å². The van der Waals surface area contributed by atoms with Gasteiger partial charge in [-0.15, -0.1) is 0 Å².